The van der Waals surface area contributed by atoms with Crippen LogP contribution in [0.25, 0.3) is 0 Å². The summed E-state index contributed by atoms with van der Waals surface area (Å²) in [5.74, 6) is 1.75. The van der Waals surface area contributed by atoms with Gasteiger partial charge in [0.15, 0.2) is 11.6 Å². The molecule has 3 aromatic carbocycles. The van der Waals surface area contributed by atoms with Gasteiger partial charge in [-0.1, -0.05) is 107 Å². The molecule has 27 heavy (non-hydrogen) atoms. The highest BCUT2D eigenvalue weighted by Crippen LogP contribution is 2.13. The van der Waals surface area contributed by atoms with Crippen LogP contribution in [-0.2, 0) is 5.75 Å². The molecule has 0 saturated carbocycles. The summed E-state index contributed by atoms with van der Waals surface area (Å²) in [6, 6.07) is 28.9. The molecule has 0 aromatic heterocycles. The van der Waals surface area contributed by atoms with Crippen molar-refractivity contribution in [2.24, 2.45) is 0 Å². The Bertz CT molecular complexity index is 821. The van der Waals surface area contributed by atoms with Gasteiger partial charge in [0, 0.05) is 16.9 Å². The quantitative estimate of drug-likeness (QED) is 0.330. The number of hydrogen-bond donors (Lipinski definition) is 0. The molecule has 0 spiro atoms. The summed E-state index contributed by atoms with van der Waals surface area (Å²) in [4.78, 5) is 22.8. The molecule has 4 heteroatoms. The smallest absolute Gasteiger partial charge is 0.173 e. The Labute approximate surface area is 173 Å². The number of ketones is 2. The number of benzene rings is 3. The lowest BCUT2D eigenvalue weighted by Gasteiger charge is -2.01. The normalized spacial score (nSPS) is 9.81. The molecule has 0 aliphatic rings. The highest BCUT2D eigenvalue weighted by Gasteiger charge is 2.04. The highest BCUT2D eigenvalue weighted by atomic mass is 79.9. The van der Waals surface area contributed by atoms with Gasteiger partial charge in [-0.3, -0.25) is 9.59 Å². The number of alkyl halides is 1. The average molecular weight is 441 g/mol. The van der Waals surface area contributed by atoms with Crippen molar-refractivity contribution in [3.8, 4) is 0 Å². The Balaban J connectivity index is 0.000000223. The minimum Gasteiger partial charge on any atom is -0.293 e. The van der Waals surface area contributed by atoms with E-state index in [1.165, 1.54) is 5.56 Å². The third-order valence-corrected chi connectivity index (χ3v) is 5.17. The molecule has 0 heterocycles. The summed E-state index contributed by atoms with van der Waals surface area (Å²) < 4.78 is 0. The van der Waals surface area contributed by atoms with Gasteiger partial charge >= 0.3 is 0 Å². The maximum Gasteiger partial charge on any atom is 0.173 e. The summed E-state index contributed by atoms with van der Waals surface area (Å²) in [5.41, 5.74) is 2.82. The van der Waals surface area contributed by atoms with Crippen LogP contribution in [0, 0.1) is 0 Å². The van der Waals surface area contributed by atoms with E-state index in [0.29, 0.717) is 11.1 Å². The fourth-order valence-corrected chi connectivity index (χ4v) is 3.45. The van der Waals surface area contributed by atoms with Gasteiger partial charge in [-0.15, -0.1) is 11.8 Å². The maximum absolute atomic E-state index is 11.8. The monoisotopic (exact) mass is 440 g/mol. The Morgan fingerprint density at radius 2 is 1.11 bits per heavy atom. The minimum absolute atomic E-state index is 0.126. The van der Waals surface area contributed by atoms with Crippen LogP contribution in [0.1, 0.15) is 26.3 Å². The van der Waals surface area contributed by atoms with Crippen LogP contribution >= 0.6 is 27.7 Å². The second-order valence-electron chi connectivity index (χ2n) is 5.69. The van der Waals surface area contributed by atoms with Crippen LogP contribution < -0.4 is 0 Å². The van der Waals surface area contributed by atoms with Gasteiger partial charge in [-0.05, 0) is 5.56 Å². The molecule has 138 valence electrons. The fourth-order valence-electron chi connectivity index (χ4n) is 2.24. The molecule has 0 amide bonds. The Kier molecular flexibility index (Phi) is 9.60. The number of rotatable bonds is 7. The first-order valence-corrected chi connectivity index (χ1v) is 10.8. The van der Waals surface area contributed by atoms with Crippen LogP contribution in [0.3, 0.4) is 0 Å². The standard InChI is InChI=1S/C15H14OS.C8H7BrO/c16-15(14-9-5-2-6-10-14)12-17-11-13-7-3-1-4-8-13;9-6-8(10)7-4-2-1-3-5-7/h1-10H,11-12H2;1-5H,6H2. The number of carbonyl (C=O) groups is 2. The van der Waals surface area contributed by atoms with E-state index in [4.69, 9.17) is 0 Å². The molecule has 3 aromatic rings. The van der Waals surface area contributed by atoms with Gasteiger partial charge in [-0.2, -0.15) is 0 Å². The third-order valence-electron chi connectivity index (χ3n) is 3.66. The zero-order valence-electron chi connectivity index (χ0n) is 14.9. The van der Waals surface area contributed by atoms with E-state index >= 15 is 0 Å². The molecule has 0 N–H and O–H groups in total. The van der Waals surface area contributed by atoms with Crippen molar-refractivity contribution < 1.29 is 9.59 Å². The van der Waals surface area contributed by atoms with E-state index < -0.39 is 0 Å². The molecule has 3 rings (SSSR count). The van der Waals surface area contributed by atoms with Crippen LogP contribution in [0.15, 0.2) is 91.0 Å². The van der Waals surface area contributed by atoms with Gasteiger partial charge in [0.2, 0.25) is 0 Å². The first-order valence-electron chi connectivity index (χ1n) is 8.55. The van der Waals surface area contributed by atoms with E-state index in [2.05, 4.69) is 28.1 Å². The fraction of sp³-hybridized carbons (Fsp3) is 0.130. The summed E-state index contributed by atoms with van der Waals surface area (Å²) in [7, 11) is 0. The van der Waals surface area contributed by atoms with Crippen LogP contribution in [0.5, 0.6) is 0 Å². The zero-order chi connectivity index (χ0) is 19.3. The molecule has 0 fully saturated rings. The molecule has 0 aliphatic heterocycles. The van der Waals surface area contributed by atoms with Gasteiger partial charge in [0.25, 0.3) is 0 Å². The molecule has 0 bridgehead atoms. The Morgan fingerprint density at radius 3 is 1.59 bits per heavy atom. The number of hydrogen-bond acceptors (Lipinski definition) is 3. The summed E-state index contributed by atoms with van der Waals surface area (Å²) in [6.45, 7) is 0. The van der Waals surface area contributed by atoms with E-state index in [1.807, 2.05) is 78.9 Å². The van der Waals surface area contributed by atoms with Crippen molar-refractivity contribution >= 4 is 39.3 Å². The lowest BCUT2D eigenvalue weighted by Crippen LogP contribution is -2.02. The first kappa shape index (κ1) is 21.1. The highest BCUT2D eigenvalue weighted by molar-refractivity contribution is 9.09. The first-order chi connectivity index (χ1) is 13.2. The number of thioether (sulfide) groups is 1. The molecule has 0 unspecified atom stereocenters. The van der Waals surface area contributed by atoms with Gasteiger partial charge < -0.3 is 0 Å². The molecule has 0 radical (unpaired) electrons. The molecule has 0 atom stereocenters. The molecular formula is C23H21BrO2S. The zero-order valence-corrected chi connectivity index (χ0v) is 17.3. The third kappa shape index (κ3) is 7.94. The lowest BCUT2D eigenvalue weighted by molar-refractivity contribution is 0.101. The van der Waals surface area contributed by atoms with E-state index in [1.54, 1.807) is 11.8 Å². The number of carbonyl (C=O) groups excluding carboxylic acids is 2. The molecule has 0 saturated heterocycles. The van der Waals surface area contributed by atoms with Crippen LogP contribution in [-0.4, -0.2) is 22.6 Å². The van der Waals surface area contributed by atoms with Crippen molar-refractivity contribution in [1.29, 1.82) is 0 Å². The van der Waals surface area contributed by atoms with Gasteiger partial charge in [0.1, 0.15) is 0 Å². The second-order valence-corrected chi connectivity index (χ2v) is 7.24. The average Bonchev–Trinajstić information content (AvgIpc) is 2.75. The van der Waals surface area contributed by atoms with Crippen molar-refractivity contribution in [3.05, 3.63) is 108 Å². The Hall–Kier alpha value is -2.17. The van der Waals surface area contributed by atoms with E-state index in [-0.39, 0.29) is 11.6 Å². The molecular weight excluding hydrogens is 420 g/mol. The van der Waals surface area contributed by atoms with Crippen molar-refractivity contribution in [2.75, 3.05) is 11.1 Å². The molecule has 2 nitrogen and oxygen atoms in total. The summed E-state index contributed by atoms with van der Waals surface area (Å²) in [6.07, 6.45) is 0. The second kappa shape index (κ2) is 12.3. The van der Waals surface area contributed by atoms with Crippen molar-refractivity contribution in [3.63, 3.8) is 0 Å². The van der Waals surface area contributed by atoms with E-state index in [9.17, 15) is 9.59 Å². The SMILES string of the molecule is O=C(CBr)c1ccccc1.O=C(CSCc1ccccc1)c1ccccc1. The largest absolute Gasteiger partial charge is 0.293 e. The van der Waals surface area contributed by atoms with Crippen LogP contribution in [0.4, 0.5) is 0 Å². The topological polar surface area (TPSA) is 34.1 Å². The van der Waals surface area contributed by atoms with Crippen LogP contribution in [0.2, 0.25) is 0 Å². The van der Waals surface area contributed by atoms with Crippen molar-refractivity contribution in [2.45, 2.75) is 5.75 Å². The summed E-state index contributed by atoms with van der Waals surface area (Å²) >= 11 is 4.76. The van der Waals surface area contributed by atoms with Crippen molar-refractivity contribution in [1.82, 2.24) is 0 Å². The number of halogens is 1. The minimum atomic E-state index is 0.126. The van der Waals surface area contributed by atoms with Gasteiger partial charge in [-0.25, -0.2) is 0 Å². The summed E-state index contributed by atoms with van der Waals surface area (Å²) in [5, 5.41) is 0.400. The predicted molar refractivity (Wildman–Crippen MR) is 118 cm³/mol. The molecule has 0 aliphatic carbocycles. The predicted octanol–water partition coefficient (Wildman–Crippen LogP) is 6.07. The number of Topliss-reactive ketones (excluding diaryl/α,β-unsaturated/α-hetero) is 2. The Morgan fingerprint density at radius 1 is 0.667 bits per heavy atom. The van der Waals surface area contributed by atoms with Gasteiger partial charge in [0.05, 0.1) is 11.1 Å². The lowest BCUT2D eigenvalue weighted by atomic mass is 10.2. The van der Waals surface area contributed by atoms with E-state index in [0.717, 1.165) is 16.9 Å². The maximum atomic E-state index is 11.8.